The van der Waals surface area contributed by atoms with Gasteiger partial charge in [-0.15, -0.1) is 0 Å². The zero-order valence-electron chi connectivity index (χ0n) is 18.3. The molecule has 1 heterocycles. The van der Waals surface area contributed by atoms with E-state index in [2.05, 4.69) is 27.6 Å². The molecule has 0 bridgehead atoms. The predicted octanol–water partition coefficient (Wildman–Crippen LogP) is 1.81. The normalized spacial score (nSPS) is 20.2. The number of azide groups is 1. The van der Waals surface area contributed by atoms with Crippen molar-refractivity contribution in [1.29, 1.82) is 0 Å². The van der Waals surface area contributed by atoms with Crippen LogP contribution in [0, 0.1) is 5.92 Å². The number of primary amides is 1. The number of thioether (sulfide) groups is 1. The number of amides is 3. The summed E-state index contributed by atoms with van der Waals surface area (Å²) in [6, 6.07) is -0.318. The summed E-state index contributed by atoms with van der Waals surface area (Å²) < 4.78 is 15.9. The van der Waals surface area contributed by atoms with Crippen molar-refractivity contribution < 1.29 is 23.8 Å². The Balaban J connectivity index is 1.87. The zero-order chi connectivity index (χ0) is 22.7. The average molecular weight is 461 g/mol. The van der Waals surface area contributed by atoms with Crippen LogP contribution in [0.15, 0.2) is 5.11 Å². The van der Waals surface area contributed by atoms with Gasteiger partial charge in [0.1, 0.15) is 0 Å². The molecule has 4 N–H and O–H groups in total. The summed E-state index contributed by atoms with van der Waals surface area (Å²) in [5.41, 5.74) is 13.3. The standard InChI is InChI=1S/C19H36N6O5S/c1-15-16(24-19(20)27)14-31-17(15)4-2-3-5-18(26)22-6-8-28-10-12-30-13-11-29-9-7-23-25-21/h15-17H,2-14H2,1H3,(H,22,26)(H3,20,24,27)/t15-,16?,17-/m0/s1. The Kier molecular flexibility index (Phi) is 15.8. The lowest BCUT2D eigenvalue weighted by Gasteiger charge is -2.19. The molecule has 0 aromatic rings. The molecule has 0 radical (unpaired) electrons. The van der Waals surface area contributed by atoms with E-state index >= 15 is 0 Å². The molecular weight excluding hydrogens is 424 g/mol. The van der Waals surface area contributed by atoms with E-state index in [1.54, 1.807) is 0 Å². The molecule has 0 aromatic carbocycles. The molecule has 1 fully saturated rings. The van der Waals surface area contributed by atoms with Gasteiger partial charge in [-0.05, 0) is 24.3 Å². The number of carbonyl (C=O) groups is 2. The molecule has 11 nitrogen and oxygen atoms in total. The molecule has 1 rings (SSSR count). The lowest BCUT2D eigenvalue weighted by atomic mass is 9.96. The van der Waals surface area contributed by atoms with Gasteiger partial charge in [0.2, 0.25) is 5.91 Å². The summed E-state index contributed by atoms with van der Waals surface area (Å²) in [6.07, 6.45) is 3.39. The number of hydrogen-bond acceptors (Lipinski definition) is 7. The first-order valence-electron chi connectivity index (χ1n) is 10.7. The number of nitrogens with two attached hydrogens (primary N) is 1. The van der Waals surface area contributed by atoms with Gasteiger partial charge in [-0.2, -0.15) is 11.8 Å². The molecule has 1 aliphatic rings. The van der Waals surface area contributed by atoms with Crippen molar-refractivity contribution in [2.75, 3.05) is 58.5 Å². The van der Waals surface area contributed by atoms with Gasteiger partial charge in [-0.25, -0.2) is 4.79 Å². The molecule has 31 heavy (non-hydrogen) atoms. The van der Waals surface area contributed by atoms with Crippen molar-refractivity contribution in [3.05, 3.63) is 10.4 Å². The topological polar surface area (TPSA) is 161 Å². The Bertz CT molecular complexity index is 564. The maximum atomic E-state index is 11.9. The van der Waals surface area contributed by atoms with Crippen LogP contribution in [0.2, 0.25) is 0 Å². The number of nitrogens with one attached hydrogen (secondary N) is 2. The first-order valence-corrected chi connectivity index (χ1v) is 11.8. The van der Waals surface area contributed by atoms with Gasteiger partial charge in [-0.1, -0.05) is 18.5 Å². The van der Waals surface area contributed by atoms with Crippen LogP contribution in [0.25, 0.3) is 10.4 Å². The molecule has 1 unspecified atom stereocenters. The first-order chi connectivity index (χ1) is 15.0. The maximum absolute atomic E-state index is 11.9. The molecular formula is C19H36N6O5S. The number of unbranched alkanes of at least 4 members (excludes halogenated alkanes) is 1. The minimum absolute atomic E-state index is 0.0399. The molecule has 3 amide bonds. The fraction of sp³-hybridized carbons (Fsp3) is 0.895. The highest BCUT2D eigenvalue weighted by molar-refractivity contribution is 8.00. The monoisotopic (exact) mass is 460 g/mol. The maximum Gasteiger partial charge on any atom is 0.312 e. The SMILES string of the molecule is C[C@H]1C(NC(N)=O)CS[C@H]1CCCCC(=O)NCCOCCOCCOCCN=[N+]=[N-]. The number of hydrogen-bond donors (Lipinski definition) is 3. The zero-order valence-corrected chi connectivity index (χ0v) is 19.1. The van der Waals surface area contributed by atoms with Crippen molar-refractivity contribution in [2.24, 2.45) is 16.8 Å². The Morgan fingerprint density at radius 3 is 2.48 bits per heavy atom. The fourth-order valence-corrected chi connectivity index (χ4v) is 4.83. The minimum atomic E-state index is -0.462. The molecule has 1 aliphatic heterocycles. The second-order valence-corrected chi connectivity index (χ2v) is 8.51. The van der Waals surface area contributed by atoms with Crippen LogP contribution in [0.4, 0.5) is 4.79 Å². The molecule has 0 spiro atoms. The summed E-state index contributed by atoms with van der Waals surface area (Å²) in [6.45, 7) is 5.60. The number of nitrogens with zero attached hydrogens (tertiary/aromatic N) is 3. The third-order valence-corrected chi connectivity index (χ3v) is 6.54. The summed E-state index contributed by atoms with van der Waals surface area (Å²) in [4.78, 5) is 25.5. The summed E-state index contributed by atoms with van der Waals surface area (Å²) in [5, 5.41) is 9.52. The molecule has 1 saturated heterocycles. The van der Waals surface area contributed by atoms with Gasteiger partial charge in [0.25, 0.3) is 0 Å². The first kappa shape index (κ1) is 27.3. The van der Waals surface area contributed by atoms with Gasteiger partial charge in [0.15, 0.2) is 0 Å². The molecule has 178 valence electrons. The largest absolute Gasteiger partial charge is 0.379 e. The Morgan fingerprint density at radius 2 is 1.81 bits per heavy atom. The van der Waals surface area contributed by atoms with E-state index in [0.717, 1.165) is 25.0 Å². The predicted molar refractivity (Wildman–Crippen MR) is 120 cm³/mol. The minimum Gasteiger partial charge on any atom is -0.379 e. The number of carbonyl (C=O) groups excluding carboxylic acids is 2. The number of urea groups is 1. The van der Waals surface area contributed by atoms with Crippen LogP contribution in [-0.2, 0) is 19.0 Å². The molecule has 0 aliphatic carbocycles. The Morgan fingerprint density at radius 1 is 1.13 bits per heavy atom. The second kappa shape index (κ2) is 17.9. The third-order valence-electron chi connectivity index (χ3n) is 4.89. The third kappa shape index (κ3) is 14.1. The molecule has 12 heteroatoms. The van der Waals surface area contributed by atoms with Gasteiger partial charge in [0, 0.05) is 41.5 Å². The molecule has 0 aromatic heterocycles. The van der Waals surface area contributed by atoms with Crippen molar-refractivity contribution in [3.63, 3.8) is 0 Å². The van der Waals surface area contributed by atoms with E-state index in [0.29, 0.717) is 70.3 Å². The number of ether oxygens (including phenoxy) is 3. The van der Waals surface area contributed by atoms with Crippen molar-refractivity contribution in [2.45, 2.75) is 43.9 Å². The van der Waals surface area contributed by atoms with Gasteiger partial charge in [-0.3, -0.25) is 4.79 Å². The van der Waals surface area contributed by atoms with Crippen molar-refractivity contribution in [1.82, 2.24) is 10.6 Å². The highest BCUT2D eigenvalue weighted by atomic mass is 32.2. The summed E-state index contributed by atoms with van der Waals surface area (Å²) in [5.74, 6) is 1.33. The molecule has 3 atom stereocenters. The highest BCUT2D eigenvalue weighted by Crippen LogP contribution is 2.35. The second-order valence-electron chi connectivity index (χ2n) is 7.23. The average Bonchev–Trinajstić information content (AvgIpc) is 3.07. The summed E-state index contributed by atoms with van der Waals surface area (Å²) in [7, 11) is 0. The van der Waals surface area contributed by atoms with Gasteiger partial charge < -0.3 is 30.6 Å². The van der Waals surface area contributed by atoms with E-state index in [9.17, 15) is 9.59 Å². The van der Waals surface area contributed by atoms with E-state index in [1.807, 2.05) is 11.8 Å². The fourth-order valence-electron chi connectivity index (χ4n) is 3.17. The van der Waals surface area contributed by atoms with Crippen LogP contribution in [0.5, 0.6) is 0 Å². The smallest absolute Gasteiger partial charge is 0.312 e. The van der Waals surface area contributed by atoms with Crippen LogP contribution in [0.3, 0.4) is 0 Å². The van der Waals surface area contributed by atoms with Gasteiger partial charge >= 0.3 is 6.03 Å². The van der Waals surface area contributed by atoms with Crippen molar-refractivity contribution >= 4 is 23.7 Å². The van der Waals surface area contributed by atoms with Crippen LogP contribution >= 0.6 is 11.8 Å². The van der Waals surface area contributed by atoms with Crippen LogP contribution < -0.4 is 16.4 Å². The van der Waals surface area contributed by atoms with Gasteiger partial charge in [0.05, 0.1) is 39.6 Å². The Labute approximate surface area is 188 Å². The van der Waals surface area contributed by atoms with Crippen molar-refractivity contribution in [3.8, 4) is 0 Å². The van der Waals surface area contributed by atoms with E-state index in [-0.39, 0.29) is 11.9 Å². The quantitative estimate of drug-likeness (QED) is 0.122. The highest BCUT2D eigenvalue weighted by Gasteiger charge is 2.33. The van der Waals surface area contributed by atoms with E-state index in [4.69, 9.17) is 25.5 Å². The van der Waals surface area contributed by atoms with Crippen LogP contribution in [-0.4, -0.2) is 81.7 Å². The van der Waals surface area contributed by atoms with Crippen LogP contribution in [0.1, 0.15) is 32.6 Å². The lowest BCUT2D eigenvalue weighted by molar-refractivity contribution is -0.121. The summed E-state index contributed by atoms with van der Waals surface area (Å²) >= 11 is 1.87. The molecule has 0 saturated carbocycles. The number of rotatable bonds is 18. The van der Waals surface area contributed by atoms with E-state index in [1.165, 1.54) is 0 Å². The Hall–Kier alpha value is -1.72. The lowest BCUT2D eigenvalue weighted by Crippen LogP contribution is -2.42. The van der Waals surface area contributed by atoms with E-state index < -0.39 is 6.03 Å².